The molecule has 3 rings (SSSR count). The Hall–Kier alpha value is -2.65. The van der Waals surface area contributed by atoms with Crippen LogP contribution in [0.5, 0.6) is 5.75 Å². The summed E-state index contributed by atoms with van der Waals surface area (Å²) < 4.78 is 13.0. The van der Waals surface area contributed by atoms with Crippen LogP contribution in [0.1, 0.15) is 33.1 Å². The van der Waals surface area contributed by atoms with Crippen LogP contribution in [0.15, 0.2) is 30.5 Å². The lowest BCUT2D eigenvalue weighted by molar-refractivity contribution is -0.0908. The Morgan fingerprint density at radius 3 is 2.77 bits per heavy atom. The molecule has 2 aromatic rings. The van der Waals surface area contributed by atoms with Gasteiger partial charge in [-0.15, -0.1) is 5.10 Å². The van der Waals surface area contributed by atoms with E-state index in [4.69, 9.17) is 9.47 Å². The minimum absolute atomic E-state index is 0.00185. The molecular formula is C21H31N5O4. The second-order valence-corrected chi connectivity index (χ2v) is 7.82. The number of ether oxygens (including phenoxy) is 2. The van der Waals surface area contributed by atoms with E-state index >= 15 is 0 Å². The summed E-state index contributed by atoms with van der Waals surface area (Å²) in [4.78, 5) is 11.9. The number of benzene rings is 1. The molecule has 0 unspecified atom stereocenters. The number of hydrogen-bond donors (Lipinski definition) is 3. The van der Waals surface area contributed by atoms with Gasteiger partial charge < -0.3 is 25.2 Å². The maximum Gasteiger partial charge on any atom is 0.315 e. The molecule has 1 aliphatic heterocycles. The summed E-state index contributed by atoms with van der Waals surface area (Å²) in [5.41, 5.74) is 1.78. The highest BCUT2D eigenvalue weighted by atomic mass is 16.5. The van der Waals surface area contributed by atoms with E-state index in [0.717, 1.165) is 36.3 Å². The van der Waals surface area contributed by atoms with Crippen molar-refractivity contribution in [3.8, 4) is 17.0 Å². The topological polar surface area (TPSA) is 111 Å². The number of amides is 2. The van der Waals surface area contributed by atoms with Gasteiger partial charge in [0.2, 0.25) is 0 Å². The van der Waals surface area contributed by atoms with E-state index in [9.17, 15) is 9.90 Å². The molecule has 9 heteroatoms. The third-order valence-corrected chi connectivity index (χ3v) is 5.14. The highest BCUT2D eigenvalue weighted by Gasteiger charge is 2.31. The van der Waals surface area contributed by atoms with Crippen molar-refractivity contribution in [3.63, 3.8) is 0 Å². The molecule has 0 spiro atoms. The second kappa shape index (κ2) is 10.4. The molecule has 0 bridgehead atoms. The smallest absolute Gasteiger partial charge is 0.315 e. The molecule has 3 N–H and O–H groups in total. The lowest BCUT2D eigenvalue weighted by atomic mass is 9.97. The molecule has 0 saturated carbocycles. The average molecular weight is 418 g/mol. The van der Waals surface area contributed by atoms with Gasteiger partial charge in [0.05, 0.1) is 32.1 Å². The predicted octanol–water partition coefficient (Wildman–Crippen LogP) is 1.96. The summed E-state index contributed by atoms with van der Waals surface area (Å²) in [5.74, 6) is 0.800. The first-order chi connectivity index (χ1) is 14.5. The summed E-state index contributed by atoms with van der Waals surface area (Å²) in [6.07, 6.45) is 3.83. The molecule has 2 heterocycles. The Labute approximate surface area is 176 Å². The number of urea groups is 1. The predicted molar refractivity (Wildman–Crippen MR) is 112 cm³/mol. The zero-order valence-corrected chi connectivity index (χ0v) is 17.7. The van der Waals surface area contributed by atoms with Gasteiger partial charge in [-0.3, -0.25) is 4.68 Å². The zero-order valence-electron chi connectivity index (χ0n) is 17.7. The van der Waals surface area contributed by atoms with Crippen LogP contribution in [-0.2, 0) is 11.3 Å². The number of nitrogens with one attached hydrogen (secondary N) is 2. The minimum atomic E-state index is -0.410. The maximum absolute atomic E-state index is 11.9. The van der Waals surface area contributed by atoms with Crippen molar-refractivity contribution in [3.05, 3.63) is 30.5 Å². The summed E-state index contributed by atoms with van der Waals surface area (Å²) in [7, 11) is 1.64. The van der Waals surface area contributed by atoms with Crippen molar-refractivity contribution in [2.45, 2.75) is 63.9 Å². The molecule has 2 amide bonds. The molecule has 0 radical (unpaired) electrons. The van der Waals surface area contributed by atoms with Gasteiger partial charge in [0.25, 0.3) is 0 Å². The van der Waals surface area contributed by atoms with E-state index in [1.807, 2.05) is 44.3 Å². The Morgan fingerprint density at radius 2 is 2.10 bits per heavy atom. The van der Waals surface area contributed by atoms with Crippen molar-refractivity contribution in [2.75, 3.05) is 13.7 Å². The van der Waals surface area contributed by atoms with Gasteiger partial charge in [-0.05, 0) is 57.4 Å². The molecule has 1 fully saturated rings. The molecule has 1 aromatic carbocycles. The van der Waals surface area contributed by atoms with Gasteiger partial charge in [0.15, 0.2) is 0 Å². The van der Waals surface area contributed by atoms with Crippen LogP contribution in [0.25, 0.3) is 11.3 Å². The minimum Gasteiger partial charge on any atom is -0.497 e. The number of rotatable bonds is 8. The second-order valence-electron chi connectivity index (χ2n) is 7.82. The molecule has 0 aliphatic carbocycles. The van der Waals surface area contributed by atoms with E-state index in [1.165, 1.54) is 0 Å². The number of methoxy groups -OCH3 is 1. The number of hydrogen-bond acceptors (Lipinski definition) is 6. The summed E-state index contributed by atoms with van der Waals surface area (Å²) in [6, 6.07) is 7.32. The van der Waals surface area contributed by atoms with E-state index in [1.54, 1.807) is 11.8 Å². The van der Waals surface area contributed by atoms with Gasteiger partial charge in [0.1, 0.15) is 17.5 Å². The normalized spacial score (nSPS) is 21.4. The molecule has 1 saturated heterocycles. The van der Waals surface area contributed by atoms with Gasteiger partial charge in [-0.25, -0.2) is 4.79 Å². The Kier molecular flexibility index (Phi) is 7.64. The maximum atomic E-state index is 11.9. The summed E-state index contributed by atoms with van der Waals surface area (Å²) >= 11 is 0. The lowest BCUT2D eigenvalue weighted by Crippen LogP contribution is -2.54. The zero-order chi connectivity index (χ0) is 21.5. The van der Waals surface area contributed by atoms with Crippen LogP contribution >= 0.6 is 0 Å². The molecular weight excluding hydrogens is 386 g/mol. The standard InChI is InChI=1S/C21H31N5O4/c1-14(2)22-21(28)23-18-9-8-17(30-20(18)13-27)10-11-26-12-19(24-25-26)15-4-6-16(29-3)7-5-15/h4-7,12,14,17-18,20,27H,8-11,13H2,1-3H3,(H2,22,23,28)/t17-,18-,20+/m1/s1. The molecule has 1 aliphatic rings. The number of nitrogens with zero attached hydrogens (tertiary/aromatic N) is 3. The quantitative estimate of drug-likeness (QED) is 0.606. The Bertz CT molecular complexity index is 808. The van der Waals surface area contributed by atoms with E-state index < -0.39 is 6.10 Å². The fourth-order valence-electron chi connectivity index (χ4n) is 3.56. The SMILES string of the molecule is COc1ccc(-c2cn(CC[C@H]3CC[C@@H](NC(=O)NC(C)C)[C@H](CO)O3)nn2)cc1. The first-order valence-corrected chi connectivity index (χ1v) is 10.4. The fraction of sp³-hybridized carbons (Fsp3) is 0.571. The summed E-state index contributed by atoms with van der Waals surface area (Å²) in [6.45, 7) is 4.34. The van der Waals surface area contributed by atoms with Crippen LogP contribution in [-0.4, -0.2) is 64.1 Å². The van der Waals surface area contributed by atoms with Crippen molar-refractivity contribution in [1.29, 1.82) is 0 Å². The van der Waals surface area contributed by atoms with Crippen molar-refractivity contribution in [1.82, 2.24) is 25.6 Å². The third-order valence-electron chi connectivity index (χ3n) is 5.14. The number of carbonyl (C=O) groups excluding carboxylic acids is 1. The first-order valence-electron chi connectivity index (χ1n) is 10.4. The van der Waals surface area contributed by atoms with Crippen LogP contribution in [0, 0.1) is 0 Å². The van der Waals surface area contributed by atoms with Gasteiger partial charge >= 0.3 is 6.03 Å². The van der Waals surface area contributed by atoms with E-state index in [0.29, 0.717) is 6.54 Å². The van der Waals surface area contributed by atoms with Crippen LogP contribution in [0.4, 0.5) is 4.79 Å². The summed E-state index contributed by atoms with van der Waals surface area (Å²) in [5, 5.41) is 23.8. The van der Waals surface area contributed by atoms with Crippen molar-refractivity contribution < 1.29 is 19.4 Å². The highest BCUT2D eigenvalue weighted by molar-refractivity contribution is 5.74. The van der Waals surface area contributed by atoms with Gasteiger partial charge in [-0.1, -0.05) is 5.21 Å². The number of aliphatic hydroxyl groups excluding tert-OH is 1. The molecule has 30 heavy (non-hydrogen) atoms. The molecule has 164 valence electrons. The monoisotopic (exact) mass is 417 g/mol. The van der Waals surface area contributed by atoms with Crippen LogP contribution in [0.2, 0.25) is 0 Å². The van der Waals surface area contributed by atoms with Crippen molar-refractivity contribution >= 4 is 6.03 Å². The Balaban J connectivity index is 1.49. The Morgan fingerprint density at radius 1 is 1.33 bits per heavy atom. The first kappa shape index (κ1) is 22.0. The number of aromatic nitrogens is 3. The number of aryl methyl sites for hydroxylation is 1. The molecule has 9 nitrogen and oxygen atoms in total. The van der Waals surface area contributed by atoms with Crippen LogP contribution in [0.3, 0.4) is 0 Å². The fourth-order valence-corrected chi connectivity index (χ4v) is 3.56. The van der Waals surface area contributed by atoms with E-state index in [-0.39, 0.29) is 30.8 Å². The van der Waals surface area contributed by atoms with E-state index in [2.05, 4.69) is 20.9 Å². The molecule has 3 atom stereocenters. The lowest BCUT2D eigenvalue weighted by Gasteiger charge is -2.36. The van der Waals surface area contributed by atoms with Crippen LogP contribution < -0.4 is 15.4 Å². The number of carbonyl (C=O) groups is 1. The van der Waals surface area contributed by atoms with Gasteiger partial charge in [-0.2, -0.15) is 0 Å². The van der Waals surface area contributed by atoms with Gasteiger partial charge in [0, 0.05) is 18.2 Å². The highest BCUT2D eigenvalue weighted by Crippen LogP contribution is 2.23. The average Bonchev–Trinajstić information content (AvgIpc) is 3.21. The number of aliphatic hydroxyl groups is 1. The largest absolute Gasteiger partial charge is 0.497 e. The molecule has 1 aromatic heterocycles. The third kappa shape index (κ3) is 5.93. The van der Waals surface area contributed by atoms with Crippen molar-refractivity contribution in [2.24, 2.45) is 0 Å².